The van der Waals surface area contributed by atoms with Crippen LogP contribution in [0.2, 0.25) is 0 Å². The summed E-state index contributed by atoms with van der Waals surface area (Å²) in [5.74, 6) is -0.299. The topological polar surface area (TPSA) is 155 Å². The number of aromatic nitrogens is 5. The van der Waals surface area contributed by atoms with E-state index in [4.69, 9.17) is 5.73 Å². The fourth-order valence-corrected chi connectivity index (χ4v) is 2.86. The molecule has 156 valence electrons. The Hall–Kier alpha value is -4.54. The summed E-state index contributed by atoms with van der Waals surface area (Å²) in [5.41, 5.74) is 8.94. The van der Waals surface area contributed by atoms with E-state index in [1.54, 1.807) is 32.6 Å². The second-order valence-corrected chi connectivity index (χ2v) is 6.90. The Morgan fingerprint density at radius 1 is 0.968 bits per heavy atom. The third-order valence-electron chi connectivity index (χ3n) is 4.44. The maximum atomic E-state index is 12.7. The van der Waals surface area contributed by atoms with Crippen molar-refractivity contribution >= 4 is 40.2 Å². The Bertz CT molecular complexity index is 1270. The van der Waals surface area contributed by atoms with Gasteiger partial charge in [-0.1, -0.05) is 6.07 Å². The number of anilines is 3. The zero-order valence-corrected chi connectivity index (χ0v) is 16.7. The van der Waals surface area contributed by atoms with E-state index in [1.165, 1.54) is 17.3 Å². The first-order chi connectivity index (χ1) is 14.9. The molecule has 11 nitrogen and oxygen atoms in total. The van der Waals surface area contributed by atoms with Gasteiger partial charge in [-0.3, -0.25) is 14.9 Å². The minimum Gasteiger partial charge on any atom is -0.368 e. The molecule has 0 aliphatic carbocycles. The number of carbonyl (C=O) groups is 2. The number of pyridine rings is 1. The van der Waals surface area contributed by atoms with Crippen molar-refractivity contribution in [3.63, 3.8) is 0 Å². The summed E-state index contributed by atoms with van der Waals surface area (Å²) in [6.45, 7) is 0. The number of rotatable bonds is 4. The highest BCUT2D eigenvalue weighted by molar-refractivity contribution is 6.11. The molecule has 11 heteroatoms. The molecule has 3 heterocycles. The lowest BCUT2D eigenvalue weighted by molar-refractivity contribution is 0.102. The summed E-state index contributed by atoms with van der Waals surface area (Å²) >= 11 is 0. The van der Waals surface area contributed by atoms with Crippen molar-refractivity contribution in [1.29, 1.82) is 0 Å². The van der Waals surface area contributed by atoms with Gasteiger partial charge < -0.3 is 21.3 Å². The predicted octanol–water partition coefficient (Wildman–Crippen LogP) is 2.34. The van der Waals surface area contributed by atoms with Gasteiger partial charge in [0.05, 0.1) is 35.5 Å². The molecule has 3 amide bonds. The molecule has 5 N–H and O–H groups in total. The molecule has 0 unspecified atom stereocenters. The van der Waals surface area contributed by atoms with E-state index < -0.39 is 5.91 Å². The highest BCUT2D eigenvalue weighted by Gasteiger charge is 2.16. The predicted molar refractivity (Wildman–Crippen MR) is 116 cm³/mol. The van der Waals surface area contributed by atoms with Gasteiger partial charge in [-0.2, -0.15) is 5.10 Å². The van der Waals surface area contributed by atoms with Crippen LogP contribution >= 0.6 is 0 Å². The number of nitrogens with zero attached hydrogens (tertiary/aromatic N) is 5. The number of carbonyl (C=O) groups excluding carboxylic acids is 2. The molecule has 4 rings (SSSR count). The highest BCUT2D eigenvalue weighted by Crippen LogP contribution is 2.27. The Labute approximate surface area is 176 Å². The number of hydrogen-bond donors (Lipinski definition) is 4. The summed E-state index contributed by atoms with van der Waals surface area (Å²) in [5, 5.41) is 13.1. The highest BCUT2D eigenvalue weighted by atomic mass is 16.2. The molecule has 0 spiro atoms. The SMILES string of the molecule is CN(C)C(=O)Nc1cncc(-c2ccc3[nH]nc(C(=O)Nc4cnc(N)nc4)c3c2)c1. The Balaban J connectivity index is 1.63. The normalized spacial score (nSPS) is 10.6. The van der Waals surface area contributed by atoms with Crippen LogP contribution in [0.4, 0.5) is 22.1 Å². The molecule has 31 heavy (non-hydrogen) atoms. The lowest BCUT2D eigenvalue weighted by Crippen LogP contribution is -2.27. The average molecular weight is 417 g/mol. The van der Waals surface area contributed by atoms with Crippen LogP contribution < -0.4 is 16.4 Å². The number of benzene rings is 1. The number of hydrogen-bond acceptors (Lipinski definition) is 7. The first-order valence-corrected chi connectivity index (χ1v) is 9.21. The molecule has 1 aromatic carbocycles. The molecule has 0 aliphatic rings. The third-order valence-corrected chi connectivity index (χ3v) is 4.44. The lowest BCUT2D eigenvalue weighted by atomic mass is 10.0. The summed E-state index contributed by atoms with van der Waals surface area (Å²) in [6.07, 6.45) is 6.08. The molecule has 0 aliphatic heterocycles. The fraction of sp³-hybridized carbons (Fsp3) is 0.100. The molecule has 0 fully saturated rings. The summed E-state index contributed by atoms with van der Waals surface area (Å²) < 4.78 is 0. The number of nitrogens with two attached hydrogens (primary N) is 1. The van der Waals surface area contributed by atoms with Gasteiger partial charge in [0.25, 0.3) is 5.91 Å². The summed E-state index contributed by atoms with van der Waals surface area (Å²) in [4.78, 5) is 38.0. The first-order valence-electron chi connectivity index (χ1n) is 9.21. The number of nitrogens with one attached hydrogen (secondary N) is 3. The van der Waals surface area contributed by atoms with E-state index in [0.717, 1.165) is 11.1 Å². The number of urea groups is 1. The van der Waals surface area contributed by atoms with Gasteiger partial charge in [0, 0.05) is 31.2 Å². The van der Waals surface area contributed by atoms with E-state index in [9.17, 15) is 9.59 Å². The van der Waals surface area contributed by atoms with E-state index in [2.05, 4.69) is 35.8 Å². The Morgan fingerprint density at radius 3 is 2.48 bits per heavy atom. The molecular weight excluding hydrogens is 398 g/mol. The Kier molecular flexibility index (Phi) is 5.14. The molecule has 0 atom stereocenters. The standard InChI is InChI=1S/C20H19N9O2/c1-29(2)20(31)26-13-5-12(7-22-8-13)11-3-4-16-15(6-11)17(28-27-16)18(30)25-14-9-23-19(21)24-10-14/h3-10H,1-2H3,(H,25,30)(H,26,31)(H,27,28)(H2,21,23,24). The van der Waals surface area contributed by atoms with Crippen LogP contribution in [0.25, 0.3) is 22.0 Å². The van der Waals surface area contributed by atoms with Crippen molar-refractivity contribution in [2.45, 2.75) is 0 Å². The third kappa shape index (κ3) is 4.24. The monoisotopic (exact) mass is 417 g/mol. The number of H-pyrrole nitrogens is 1. The molecule has 0 bridgehead atoms. The molecule has 3 aromatic heterocycles. The number of nitrogen functional groups attached to an aromatic ring is 1. The average Bonchev–Trinajstić information content (AvgIpc) is 3.19. The second-order valence-electron chi connectivity index (χ2n) is 6.90. The number of amides is 3. The van der Waals surface area contributed by atoms with Crippen molar-refractivity contribution < 1.29 is 9.59 Å². The van der Waals surface area contributed by atoms with Crippen molar-refractivity contribution in [2.24, 2.45) is 0 Å². The van der Waals surface area contributed by atoms with E-state index in [-0.39, 0.29) is 17.7 Å². The van der Waals surface area contributed by atoms with E-state index >= 15 is 0 Å². The van der Waals surface area contributed by atoms with Crippen molar-refractivity contribution in [1.82, 2.24) is 30.0 Å². The maximum Gasteiger partial charge on any atom is 0.321 e. The van der Waals surface area contributed by atoms with Gasteiger partial charge in [-0.25, -0.2) is 14.8 Å². The minimum absolute atomic E-state index is 0.116. The summed E-state index contributed by atoms with van der Waals surface area (Å²) in [6, 6.07) is 7.09. The Morgan fingerprint density at radius 2 is 1.74 bits per heavy atom. The van der Waals surface area contributed by atoms with Crippen LogP contribution in [0.1, 0.15) is 10.5 Å². The first kappa shape index (κ1) is 19.8. The maximum absolute atomic E-state index is 12.7. The van der Waals surface area contributed by atoms with Crippen LogP contribution in [0.15, 0.2) is 49.1 Å². The fourth-order valence-electron chi connectivity index (χ4n) is 2.86. The van der Waals surface area contributed by atoms with Gasteiger partial charge >= 0.3 is 6.03 Å². The van der Waals surface area contributed by atoms with Gasteiger partial charge in [-0.15, -0.1) is 0 Å². The van der Waals surface area contributed by atoms with Crippen molar-refractivity contribution in [3.05, 3.63) is 54.7 Å². The van der Waals surface area contributed by atoms with Crippen molar-refractivity contribution in [2.75, 3.05) is 30.5 Å². The van der Waals surface area contributed by atoms with Crippen LogP contribution in [0.5, 0.6) is 0 Å². The number of aromatic amines is 1. The lowest BCUT2D eigenvalue weighted by Gasteiger charge is -2.12. The zero-order valence-electron chi connectivity index (χ0n) is 16.7. The van der Waals surface area contributed by atoms with Crippen LogP contribution in [-0.4, -0.2) is 56.1 Å². The largest absolute Gasteiger partial charge is 0.368 e. The van der Waals surface area contributed by atoms with Gasteiger partial charge in [0.15, 0.2) is 5.69 Å². The molecular formula is C20H19N9O2. The van der Waals surface area contributed by atoms with E-state index in [1.807, 2.05) is 18.2 Å². The quantitative estimate of drug-likeness (QED) is 0.397. The molecule has 4 aromatic rings. The smallest absolute Gasteiger partial charge is 0.321 e. The molecule has 0 radical (unpaired) electrons. The van der Waals surface area contributed by atoms with Gasteiger partial charge in [-0.05, 0) is 23.8 Å². The molecule has 0 saturated heterocycles. The van der Waals surface area contributed by atoms with Crippen LogP contribution in [0.3, 0.4) is 0 Å². The van der Waals surface area contributed by atoms with Gasteiger partial charge in [0.2, 0.25) is 5.95 Å². The van der Waals surface area contributed by atoms with Gasteiger partial charge in [0.1, 0.15) is 0 Å². The summed E-state index contributed by atoms with van der Waals surface area (Å²) in [7, 11) is 3.31. The second kappa shape index (κ2) is 8.06. The van der Waals surface area contributed by atoms with E-state index in [0.29, 0.717) is 22.3 Å². The van der Waals surface area contributed by atoms with Crippen molar-refractivity contribution in [3.8, 4) is 11.1 Å². The minimum atomic E-state index is -0.415. The zero-order chi connectivity index (χ0) is 22.0. The molecule has 0 saturated carbocycles. The van der Waals surface area contributed by atoms with Crippen LogP contribution in [-0.2, 0) is 0 Å². The number of fused-ring (bicyclic) bond motifs is 1. The van der Waals surface area contributed by atoms with Crippen LogP contribution in [0, 0.1) is 0 Å².